The normalized spacial score (nSPS) is 24.8. The summed E-state index contributed by atoms with van der Waals surface area (Å²) in [6, 6.07) is 19.8. The molecule has 1 saturated heterocycles. The molecule has 1 heterocycles. The van der Waals surface area contributed by atoms with E-state index in [0.717, 1.165) is 34.6 Å². The number of fused-ring (bicyclic) bond motifs is 1. The Hall–Kier alpha value is -1.54. The molecular formula is C36H55O4PSi2. The van der Waals surface area contributed by atoms with Gasteiger partial charge in [-0.1, -0.05) is 115 Å². The van der Waals surface area contributed by atoms with Gasteiger partial charge < -0.3 is 18.2 Å². The average Bonchev–Trinajstić information content (AvgIpc) is 3.37. The molecule has 1 aliphatic carbocycles. The molecule has 2 aromatic rings. The minimum atomic E-state index is -2.90. The Kier molecular flexibility index (Phi) is 10.1. The van der Waals surface area contributed by atoms with Crippen molar-refractivity contribution in [1.82, 2.24) is 0 Å². The van der Waals surface area contributed by atoms with Crippen molar-refractivity contribution in [1.29, 1.82) is 0 Å². The topological polar surface area (TPSA) is 44.8 Å². The van der Waals surface area contributed by atoms with Crippen molar-refractivity contribution in [3.63, 3.8) is 0 Å². The van der Waals surface area contributed by atoms with Crippen molar-refractivity contribution in [3.8, 4) is 0 Å². The van der Waals surface area contributed by atoms with Crippen LogP contribution in [0.2, 0.25) is 36.3 Å². The highest BCUT2D eigenvalue weighted by atomic mass is 31.2. The molecular weight excluding hydrogens is 584 g/mol. The van der Waals surface area contributed by atoms with Crippen LogP contribution in [0.15, 0.2) is 84.5 Å². The maximum Gasteiger partial charge on any atom is 0.192 e. The van der Waals surface area contributed by atoms with E-state index in [1.54, 1.807) is 0 Å². The molecule has 236 valence electrons. The molecule has 0 amide bonds. The summed E-state index contributed by atoms with van der Waals surface area (Å²) in [6.07, 6.45) is 4.25. The molecule has 7 heteroatoms. The summed E-state index contributed by atoms with van der Waals surface area (Å²) in [5.74, 6) is 0.238. The monoisotopic (exact) mass is 638 g/mol. The lowest BCUT2D eigenvalue weighted by Gasteiger charge is -2.44. The first-order chi connectivity index (χ1) is 19.9. The Labute approximate surface area is 263 Å². The first kappa shape index (κ1) is 34.3. The zero-order valence-electron chi connectivity index (χ0n) is 28.3. The molecule has 4 nitrogen and oxygen atoms in total. The SMILES string of the molecule is C=C1/C(=C\CP(=O)(c2ccccc2)c2ccccc2)C[C@@H](O[Si](C)(C)C(C)(C)C)[C@@H]2C[C@@H](CO[Si](C)(C)C(C)(C)C)O[C@H]12. The van der Waals surface area contributed by atoms with Crippen molar-refractivity contribution >= 4 is 34.4 Å². The van der Waals surface area contributed by atoms with Crippen LogP contribution >= 0.6 is 7.14 Å². The third kappa shape index (κ3) is 7.48. The maximum atomic E-state index is 14.8. The van der Waals surface area contributed by atoms with Gasteiger partial charge in [0.15, 0.2) is 16.6 Å². The third-order valence-electron chi connectivity index (χ3n) is 10.5. The van der Waals surface area contributed by atoms with E-state index in [0.29, 0.717) is 12.8 Å². The number of hydrogen-bond acceptors (Lipinski definition) is 4. The maximum absolute atomic E-state index is 14.8. The fourth-order valence-corrected chi connectivity index (χ4v) is 10.5. The summed E-state index contributed by atoms with van der Waals surface area (Å²) < 4.78 is 35.4. The van der Waals surface area contributed by atoms with Gasteiger partial charge in [-0.2, -0.15) is 0 Å². The molecule has 2 fully saturated rings. The molecule has 0 bridgehead atoms. The van der Waals surface area contributed by atoms with Gasteiger partial charge in [-0.25, -0.2) is 0 Å². The van der Waals surface area contributed by atoms with Crippen LogP contribution < -0.4 is 10.6 Å². The van der Waals surface area contributed by atoms with E-state index < -0.39 is 23.8 Å². The van der Waals surface area contributed by atoms with E-state index in [1.165, 1.54) is 0 Å². The molecule has 0 spiro atoms. The van der Waals surface area contributed by atoms with Gasteiger partial charge >= 0.3 is 0 Å². The van der Waals surface area contributed by atoms with Crippen molar-refractivity contribution in [2.24, 2.45) is 5.92 Å². The fraction of sp³-hybridized carbons (Fsp3) is 0.556. The summed E-state index contributed by atoms with van der Waals surface area (Å²) in [7, 11) is -6.85. The van der Waals surface area contributed by atoms with Gasteiger partial charge in [0.2, 0.25) is 0 Å². The van der Waals surface area contributed by atoms with Gasteiger partial charge in [-0.05, 0) is 60.3 Å². The molecule has 0 radical (unpaired) electrons. The smallest absolute Gasteiger partial charge is 0.192 e. The van der Waals surface area contributed by atoms with Crippen LogP contribution in [0, 0.1) is 5.92 Å². The largest absolute Gasteiger partial charge is 0.414 e. The molecule has 0 aromatic heterocycles. The molecule has 4 rings (SSSR count). The van der Waals surface area contributed by atoms with Gasteiger partial charge in [0.1, 0.15) is 7.14 Å². The molecule has 43 heavy (non-hydrogen) atoms. The van der Waals surface area contributed by atoms with Crippen LogP contribution in [0.4, 0.5) is 0 Å². The minimum absolute atomic E-state index is 0.0190. The van der Waals surface area contributed by atoms with Crippen molar-refractivity contribution < 1.29 is 18.2 Å². The minimum Gasteiger partial charge on any atom is -0.414 e. The van der Waals surface area contributed by atoms with Crippen LogP contribution in [0.3, 0.4) is 0 Å². The van der Waals surface area contributed by atoms with Crippen LogP contribution in [-0.2, 0) is 18.2 Å². The number of benzene rings is 2. The summed E-state index contributed by atoms with van der Waals surface area (Å²) in [6.45, 7) is 28.2. The highest BCUT2D eigenvalue weighted by Crippen LogP contribution is 2.49. The average molecular weight is 639 g/mol. The molecule has 1 aliphatic heterocycles. The Balaban J connectivity index is 1.65. The summed E-state index contributed by atoms with van der Waals surface area (Å²) >= 11 is 0. The van der Waals surface area contributed by atoms with Crippen LogP contribution in [0.5, 0.6) is 0 Å². The van der Waals surface area contributed by atoms with Crippen molar-refractivity contribution in [2.45, 2.75) is 109 Å². The van der Waals surface area contributed by atoms with Gasteiger partial charge in [0.05, 0.1) is 24.9 Å². The molecule has 2 aliphatic rings. The summed E-state index contributed by atoms with van der Waals surface area (Å²) in [5, 5.41) is 2.01. The van der Waals surface area contributed by atoms with E-state index in [1.807, 2.05) is 60.7 Å². The zero-order chi connectivity index (χ0) is 31.8. The lowest BCUT2D eigenvalue weighted by Crippen LogP contribution is -2.48. The van der Waals surface area contributed by atoms with E-state index in [4.69, 9.17) is 13.6 Å². The van der Waals surface area contributed by atoms with Crippen LogP contribution in [0.25, 0.3) is 0 Å². The summed E-state index contributed by atoms with van der Waals surface area (Å²) in [5.41, 5.74) is 2.14. The van der Waals surface area contributed by atoms with Gasteiger partial charge in [0, 0.05) is 22.7 Å². The number of rotatable bonds is 9. The number of ether oxygens (including phenoxy) is 1. The number of hydrogen-bond donors (Lipinski definition) is 0. The highest BCUT2D eigenvalue weighted by Gasteiger charge is 2.50. The predicted molar refractivity (Wildman–Crippen MR) is 188 cm³/mol. The molecule has 2 aromatic carbocycles. The predicted octanol–water partition coefficient (Wildman–Crippen LogP) is 9.07. The molecule has 1 saturated carbocycles. The fourth-order valence-electron chi connectivity index (χ4n) is 5.62. The van der Waals surface area contributed by atoms with Gasteiger partial charge in [0.25, 0.3) is 0 Å². The highest BCUT2D eigenvalue weighted by molar-refractivity contribution is 7.78. The standard InChI is InChI=1S/C36H55O4PSi2/c1-27-28(22-23-41(37,30-18-14-12-15-19-30)31-20-16-13-17-21-31)24-33(40-43(10,11)36(5,6)7)32-25-29(39-34(27)32)26-38-42(8,9)35(2,3)4/h12-22,29,32-34H,1,23-26H2,2-11H3/b28-22-/t29-,32-,33+,34+/m0/s1. The second-order valence-corrected chi connectivity index (χ2v) is 28.1. The Morgan fingerprint density at radius 2 is 1.40 bits per heavy atom. The van der Waals surface area contributed by atoms with Gasteiger partial charge in [-0.15, -0.1) is 0 Å². The van der Waals surface area contributed by atoms with Crippen molar-refractivity contribution in [2.75, 3.05) is 12.8 Å². The lowest BCUT2D eigenvalue weighted by atomic mass is 9.77. The van der Waals surface area contributed by atoms with Crippen LogP contribution in [-0.4, -0.2) is 47.7 Å². The Morgan fingerprint density at radius 1 is 0.884 bits per heavy atom. The molecule has 0 N–H and O–H groups in total. The summed E-state index contributed by atoms with van der Waals surface area (Å²) in [4.78, 5) is 0. The Bertz CT molecular complexity index is 1300. The second kappa shape index (κ2) is 12.7. The zero-order valence-corrected chi connectivity index (χ0v) is 31.2. The van der Waals surface area contributed by atoms with E-state index in [2.05, 4.69) is 80.4 Å². The first-order valence-electron chi connectivity index (χ1n) is 15.9. The van der Waals surface area contributed by atoms with E-state index in [9.17, 15) is 4.57 Å². The van der Waals surface area contributed by atoms with Gasteiger partial charge in [-0.3, -0.25) is 0 Å². The first-order valence-corrected chi connectivity index (χ1v) is 23.6. The molecule has 0 unspecified atom stereocenters. The Morgan fingerprint density at radius 3 is 1.88 bits per heavy atom. The third-order valence-corrected chi connectivity index (χ3v) is 22.5. The van der Waals surface area contributed by atoms with Crippen LogP contribution in [0.1, 0.15) is 54.4 Å². The number of allylic oxidation sites excluding steroid dienone is 1. The second-order valence-electron chi connectivity index (χ2n) is 15.6. The quantitative estimate of drug-likeness (QED) is 0.203. The van der Waals surface area contributed by atoms with Crippen molar-refractivity contribution in [3.05, 3.63) is 84.5 Å². The van der Waals surface area contributed by atoms with E-state index >= 15 is 0 Å². The lowest BCUT2D eigenvalue weighted by molar-refractivity contribution is 0.00607. The van der Waals surface area contributed by atoms with E-state index in [-0.39, 0.29) is 34.3 Å². The molecule has 4 atom stereocenters.